The van der Waals surface area contributed by atoms with Gasteiger partial charge in [0, 0.05) is 32.4 Å². The van der Waals surface area contributed by atoms with Crippen LogP contribution >= 0.6 is 0 Å². The molecule has 0 aromatic carbocycles. The molecule has 124 valence electrons. The van der Waals surface area contributed by atoms with Gasteiger partial charge in [0.2, 0.25) is 0 Å². The van der Waals surface area contributed by atoms with Gasteiger partial charge < -0.3 is 9.64 Å². The predicted molar refractivity (Wildman–Crippen MR) is 86.0 cm³/mol. The number of amides is 1. The van der Waals surface area contributed by atoms with Crippen LogP contribution in [0.25, 0.3) is 0 Å². The predicted octanol–water partition coefficient (Wildman–Crippen LogP) is 1.76. The summed E-state index contributed by atoms with van der Waals surface area (Å²) in [5, 5.41) is 6.84. The third kappa shape index (κ3) is 3.54. The molecule has 1 unspecified atom stereocenters. The topological polar surface area (TPSA) is 48.4 Å². The molecular formula is C16H28N4O2. The van der Waals surface area contributed by atoms with Crippen molar-refractivity contribution >= 4 is 12.3 Å². The number of carbonyl (C=O) groups excluding carboxylic acids is 1. The van der Waals surface area contributed by atoms with Gasteiger partial charge in [-0.05, 0) is 40.0 Å². The molecule has 0 saturated carbocycles. The lowest BCUT2D eigenvalue weighted by Gasteiger charge is -2.38. The summed E-state index contributed by atoms with van der Waals surface area (Å²) in [6.07, 6.45) is 5.18. The fourth-order valence-electron chi connectivity index (χ4n) is 3.25. The van der Waals surface area contributed by atoms with E-state index in [-0.39, 0.29) is 6.09 Å². The zero-order valence-electron chi connectivity index (χ0n) is 14.0. The van der Waals surface area contributed by atoms with Crippen LogP contribution in [0.1, 0.15) is 40.0 Å². The van der Waals surface area contributed by atoms with Crippen LogP contribution in [0.15, 0.2) is 5.10 Å². The summed E-state index contributed by atoms with van der Waals surface area (Å²) >= 11 is 0. The fourth-order valence-corrected chi connectivity index (χ4v) is 3.25. The summed E-state index contributed by atoms with van der Waals surface area (Å²) < 4.78 is 5.45. The molecule has 2 fully saturated rings. The van der Waals surface area contributed by atoms with Gasteiger partial charge in [-0.1, -0.05) is 0 Å². The summed E-state index contributed by atoms with van der Waals surface area (Å²) in [5.74, 6) is 0. The van der Waals surface area contributed by atoms with Gasteiger partial charge in [0.1, 0.15) is 5.60 Å². The Bertz CT molecular complexity index is 434. The summed E-state index contributed by atoms with van der Waals surface area (Å²) in [6.45, 7) is 10.7. The Labute approximate surface area is 133 Å². The van der Waals surface area contributed by atoms with E-state index in [0.29, 0.717) is 12.1 Å². The van der Waals surface area contributed by atoms with Gasteiger partial charge in [-0.15, -0.1) is 0 Å². The van der Waals surface area contributed by atoms with E-state index >= 15 is 0 Å². The first-order chi connectivity index (χ1) is 10.4. The van der Waals surface area contributed by atoms with Crippen molar-refractivity contribution in [1.82, 2.24) is 14.8 Å². The molecule has 1 atom stereocenters. The standard InChI is InChI=1S/C16H28N4O2/c1-16(2,3)22-15(21)19-9-5-13(6-10-19)20-12-14(11-17-20)18-7-4-8-18/h11,13-14H,4-10,12H2,1-3H3. The van der Waals surface area contributed by atoms with Crippen LogP contribution in [0.4, 0.5) is 4.79 Å². The molecule has 3 heterocycles. The third-order valence-electron chi connectivity index (χ3n) is 4.66. The monoisotopic (exact) mass is 308 g/mol. The molecule has 6 heteroatoms. The number of piperidine rings is 1. The zero-order valence-corrected chi connectivity index (χ0v) is 14.0. The van der Waals surface area contributed by atoms with Crippen LogP contribution in [0.5, 0.6) is 0 Å². The van der Waals surface area contributed by atoms with Gasteiger partial charge in [0.25, 0.3) is 0 Å². The Morgan fingerprint density at radius 2 is 1.86 bits per heavy atom. The molecule has 0 bridgehead atoms. The lowest BCUT2D eigenvalue weighted by atomic mass is 10.0. The minimum atomic E-state index is -0.419. The largest absolute Gasteiger partial charge is 0.444 e. The number of hydrazone groups is 1. The molecule has 22 heavy (non-hydrogen) atoms. The Morgan fingerprint density at radius 1 is 1.18 bits per heavy atom. The van der Waals surface area contributed by atoms with Crippen LogP contribution in [-0.2, 0) is 4.74 Å². The van der Waals surface area contributed by atoms with Gasteiger partial charge in [-0.3, -0.25) is 9.91 Å². The van der Waals surface area contributed by atoms with E-state index in [9.17, 15) is 4.79 Å². The highest BCUT2D eigenvalue weighted by molar-refractivity contribution is 5.68. The van der Waals surface area contributed by atoms with Crippen LogP contribution in [0, 0.1) is 0 Å². The lowest BCUT2D eigenvalue weighted by molar-refractivity contribution is 0.0138. The van der Waals surface area contributed by atoms with E-state index in [1.165, 1.54) is 19.5 Å². The quantitative estimate of drug-likeness (QED) is 0.780. The normalized spacial score (nSPS) is 27.1. The average Bonchev–Trinajstić information content (AvgIpc) is 2.84. The number of carbonyl (C=O) groups is 1. The number of hydrogen-bond acceptors (Lipinski definition) is 5. The maximum absolute atomic E-state index is 12.1. The van der Waals surface area contributed by atoms with E-state index in [1.54, 1.807) is 0 Å². The maximum Gasteiger partial charge on any atom is 0.410 e. The number of likely N-dealkylation sites (tertiary alicyclic amines) is 2. The first kappa shape index (κ1) is 15.6. The fraction of sp³-hybridized carbons (Fsp3) is 0.875. The van der Waals surface area contributed by atoms with Gasteiger partial charge >= 0.3 is 6.09 Å². The smallest absolute Gasteiger partial charge is 0.410 e. The van der Waals surface area contributed by atoms with Crippen molar-refractivity contribution in [3.63, 3.8) is 0 Å². The molecule has 3 aliphatic rings. The lowest BCUT2D eigenvalue weighted by Crippen LogP contribution is -2.50. The molecule has 0 N–H and O–H groups in total. The van der Waals surface area contributed by atoms with E-state index in [4.69, 9.17) is 4.74 Å². The molecule has 3 rings (SSSR count). The Balaban J connectivity index is 1.44. The highest BCUT2D eigenvalue weighted by Crippen LogP contribution is 2.23. The second kappa shape index (κ2) is 6.07. The molecule has 3 aliphatic heterocycles. The van der Waals surface area contributed by atoms with Crippen LogP contribution in [0.3, 0.4) is 0 Å². The summed E-state index contributed by atoms with van der Waals surface area (Å²) in [6, 6.07) is 0.957. The van der Waals surface area contributed by atoms with Crippen LogP contribution in [0.2, 0.25) is 0 Å². The molecular weight excluding hydrogens is 280 g/mol. The molecule has 0 spiro atoms. The second-order valence-electron chi connectivity index (χ2n) is 7.54. The van der Waals surface area contributed by atoms with Crippen molar-refractivity contribution in [1.29, 1.82) is 0 Å². The summed E-state index contributed by atoms with van der Waals surface area (Å²) in [7, 11) is 0. The molecule has 0 aromatic rings. The van der Waals surface area contributed by atoms with Crippen LogP contribution < -0.4 is 0 Å². The molecule has 0 aromatic heterocycles. The molecule has 6 nitrogen and oxygen atoms in total. The van der Waals surface area contributed by atoms with Gasteiger partial charge in [-0.25, -0.2) is 4.79 Å². The summed E-state index contributed by atoms with van der Waals surface area (Å²) in [4.78, 5) is 16.4. The molecule has 0 radical (unpaired) electrons. The minimum absolute atomic E-state index is 0.186. The second-order valence-corrected chi connectivity index (χ2v) is 7.54. The van der Waals surface area contributed by atoms with Crippen molar-refractivity contribution in [3.8, 4) is 0 Å². The highest BCUT2D eigenvalue weighted by atomic mass is 16.6. The van der Waals surface area contributed by atoms with Crippen molar-refractivity contribution < 1.29 is 9.53 Å². The molecule has 2 saturated heterocycles. The number of ether oxygens (including phenoxy) is 1. The average molecular weight is 308 g/mol. The number of rotatable bonds is 2. The van der Waals surface area contributed by atoms with E-state index < -0.39 is 5.60 Å². The minimum Gasteiger partial charge on any atom is -0.444 e. The van der Waals surface area contributed by atoms with Gasteiger partial charge in [0.05, 0.1) is 18.6 Å². The first-order valence-corrected chi connectivity index (χ1v) is 8.45. The highest BCUT2D eigenvalue weighted by Gasteiger charge is 2.34. The van der Waals surface area contributed by atoms with Gasteiger partial charge in [-0.2, -0.15) is 5.10 Å². The van der Waals surface area contributed by atoms with Crippen molar-refractivity contribution in [2.75, 3.05) is 32.7 Å². The van der Waals surface area contributed by atoms with E-state index in [0.717, 1.165) is 32.5 Å². The van der Waals surface area contributed by atoms with Crippen molar-refractivity contribution in [3.05, 3.63) is 0 Å². The third-order valence-corrected chi connectivity index (χ3v) is 4.66. The van der Waals surface area contributed by atoms with Crippen LogP contribution in [-0.4, -0.2) is 77.5 Å². The Morgan fingerprint density at radius 3 is 2.41 bits per heavy atom. The van der Waals surface area contributed by atoms with E-state index in [2.05, 4.69) is 21.2 Å². The Hall–Kier alpha value is -1.30. The summed E-state index contributed by atoms with van der Waals surface area (Å²) in [5.41, 5.74) is -0.419. The maximum atomic E-state index is 12.1. The van der Waals surface area contributed by atoms with Gasteiger partial charge in [0.15, 0.2) is 0 Å². The Kier molecular flexibility index (Phi) is 4.30. The first-order valence-electron chi connectivity index (χ1n) is 8.45. The van der Waals surface area contributed by atoms with Crippen molar-refractivity contribution in [2.24, 2.45) is 5.10 Å². The SMILES string of the molecule is CC(C)(C)OC(=O)N1CCC(N2CC(N3CCC3)C=N2)CC1. The van der Waals surface area contributed by atoms with Crippen molar-refractivity contribution in [2.45, 2.75) is 57.7 Å². The molecule has 1 amide bonds. The number of nitrogens with zero attached hydrogens (tertiary/aromatic N) is 4. The zero-order chi connectivity index (χ0) is 15.7. The van der Waals surface area contributed by atoms with E-state index in [1.807, 2.05) is 25.7 Å². The molecule has 0 aliphatic carbocycles. The number of hydrogen-bond donors (Lipinski definition) is 0.